The molecule has 9 atom stereocenters. The molecule has 2 N–H and O–H groups in total. The van der Waals surface area contributed by atoms with Crippen molar-refractivity contribution < 1.29 is 19.8 Å². The third-order valence-corrected chi connectivity index (χ3v) is 14.9. The van der Waals surface area contributed by atoms with E-state index in [9.17, 15) is 15.0 Å². The van der Waals surface area contributed by atoms with Crippen molar-refractivity contribution in [3.8, 4) is 0 Å². The topological polar surface area (TPSA) is 97.5 Å². The maximum atomic E-state index is 14.5. The van der Waals surface area contributed by atoms with Gasteiger partial charge in [-0.2, -0.15) is 0 Å². The van der Waals surface area contributed by atoms with Gasteiger partial charge in [-0.25, -0.2) is 4.79 Å². The third kappa shape index (κ3) is 3.97. The Bertz CT molecular complexity index is 1540. The van der Waals surface area contributed by atoms with E-state index in [0.29, 0.717) is 22.0 Å². The Balaban J connectivity index is 1.27. The average Bonchev–Trinajstić information content (AvgIpc) is 3.36. The lowest BCUT2D eigenvalue weighted by molar-refractivity contribution is -0.217. The van der Waals surface area contributed by atoms with Gasteiger partial charge < -0.3 is 15.1 Å². The van der Waals surface area contributed by atoms with Crippen LogP contribution in [0.25, 0.3) is 11.0 Å². The number of hydrogen-bond donors (Lipinski definition) is 2. The van der Waals surface area contributed by atoms with Gasteiger partial charge in [0.05, 0.1) is 18.1 Å². The maximum absolute atomic E-state index is 14.5. The van der Waals surface area contributed by atoms with Gasteiger partial charge in [0.2, 0.25) is 0 Å². The first-order valence-corrected chi connectivity index (χ1v) is 17.2. The van der Waals surface area contributed by atoms with E-state index in [0.717, 1.165) is 64.2 Å². The Kier molecular flexibility index (Phi) is 6.82. The molecule has 0 saturated heterocycles. The number of aliphatic hydroxyl groups excluding tert-OH is 2. The number of aromatic nitrogens is 3. The summed E-state index contributed by atoms with van der Waals surface area (Å²) in [5.41, 5.74) is 1.85. The van der Waals surface area contributed by atoms with E-state index in [1.807, 2.05) is 0 Å². The normalized spacial score (nSPS) is 44.5. The molecule has 0 radical (unpaired) electrons. The molecule has 0 unspecified atom stereocenters. The van der Waals surface area contributed by atoms with Crippen molar-refractivity contribution in [2.75, 3.05) is 6.61 Å². The molecule has 44 heavy (non-hydrogen) atoms. The summed E-state index contributed by atoms with van der Waals surface area (Å²) < 4.78 is 0. The second kappa shape index (κ2) is 9.78. The lowest BCUT2D eigenvalue weighted by atomic mass is 9.33. The first kappa shape index (κ1) is 30.7. The molecule has 0 spiro atoms. The van der Waals surface area contributed by atoms with Crippen LogP contribution < -0.4 is 4.84 Å². The Morgan fingerprint density at radius 2 is 1.77 bits per heavy atom. The van der Waals surface area contributed by atoms with E-state index in [1.54, 1.807) is 18.2 Å². The smallest absolute Gasteiger partial charge is 0.341 e. The Hall–Kier alpha value is -1.96. The molecule has 1 aromatic carbocycles. The van der Waals surface area contributed by atoms with Crippen molar-refractivity contribution in [3.63, 3.8) is 0 Å². The van der Waals surface area contributed by atoms with Crippen molar-refractivity contribution in [3.05, 3.63) is 34.9 Å². The van der Waals surface area contributed by atoms with Gasteiger partial charge in [0.1, 0.15) is 11.0 Å². The third-order valence-electron chi connectivity index (χ3n) is 14.7. The van der Waals surface area contributed by atoms with E-state index < -0.39 is 16.9 Å². The van der Waals surface area contributed by atoms with Crippen molar-refractivity contribution in [2.45, 2.75) is 112 Å². The molecule has 7 nitrogen and oxygen atoms in total. The lowest BCUT2D eigenvalue weighted by Gasteiger charge is -2.71. The van der Waals surface area contributed by atoms with Crippen LogP contribution >= 0.6 is 11.6 Å². The molecular formula is C36H50ClN3O4. The van der Waals surface area contributed by atoms with E-state index in [1.165, 1.54) is 10.4 Å². The largest absolute Gasteiger partial charge is 0.396 e. The van der Waals surface area contributed by atoms with Crippen molar-refractivity contribution in [1.29, 1.82) is 0 Å². The number of hydrogen-bond acceptors (Lipinski definition) is 6. The van der Waals surface area contributed by atoms with Crippen LogP contribution in [0.5, 0.6) is 0 Å². The predicted molar refractivity (Wildman–Crippen MR) is 171 cm³/mol. The number of fused-ring (bicyclic) bond motifs is 8. The molecule has 240 valence electrons. The maximum Gasteiger partial charge on any atom is 0.341 e. The summed E-state index contributed by atoms with van der Waals surface area (Å²) in [5.74, 6) is 0.659. The molecule has 0 bridgehead atoms. The summed E-state index contributed by atoms with van der Waals surface area (Å²) in [6.07, 6.45) is 11.4. The summed E-state index contributed by atoms with van der Waals surface area (Å²) in [6, 6.07) is 5.30. The van der Waals surface area contributed by atoms with Gasteiger partial charge >= 0.3 is 5.97 Å². The van der Waals surface area contributed by atoms with Crippen LogP contribution in [0, 0.1) is 50.2 Å². The van der Waals surface area contributed by atoms with Gasteiger partial charge in [0.15, 0.2) is 0 Å². The molecule has 2 aromatic rings. The Morgan fingerprint density at radius 3 is 2.52 bits per heavy atom. The Labute approximate surface area is 266 Å². The number of halogens is 1. The van der Waals surface area contributed by atoms with Gasteiger partial charge in [0, 0.05) is 10.4 Å². The molecule has 1 heterocycles. The number of rotatable bonds is 3. The second-order valence-electron chi connectivity index (χ2n) is 17.1. The van der Waals surface area contributed by atoms with Gasteiger partial charge in [-0.3, -0.25) is 0 Å². The van der Waals surface area contributed by atoms with Crippen LogP contribution in [0.2, 0.25) is 5.02 Å². The van der Waals surface area contributed by atoms with Crippen LogP contribution in [0.4, 0.5) is 0 Å². The minimum atomic E-state index is -0.605. The standard InChI is InChI=1S/C36H50ClN3O4/c1-31(2)15-17-36(30(43)44-40-26-19-22(37)7-9-25(26)38-39-40)18-16-34(5)23(24(36)20-31)8-10-28-32(3)13-12-29(42)33(4,21-41)27(32)11-14-35(28,34)6/h7-9,19,24,27-29,41-42H,10-18,20-21H2,1-6H3/t24-,27+,28+,29-,32-,33-,34+,35+,36-/m0/s1. The molecule has 1 aromatic heterocycles. The molecular weight excluding hydrogens is 574 g/mol. The number of benzene rings is 1. The zero-order chi connectivity index (χ0) is 31.5. The highest BCUT2D eigenvalue weighted by atomic mass is 35.5. The molecule has 0 amide bonds. The quantitative estimate of drug-likeness (QED) is 0.278. The fourth-order valence-electron chi connectivity index (χ4n) is 11.7. The first-order chi connectivity index (χ1) is 20.6. The number of carbonyl (C=O) groups excluding carboxylic acids is 1. The highest BCUT2D eigenvalue weighted by Crippen LogP contribution is 2.75. The summed E-state index contributed by atoms with van der Waals surface area (Å²) in [7, 11) is 0. The molecule has 8 heteroatoms. The lowest BCUT2D eigenvalue weighted by Crippen LogP contribution is -2.66. The van der Waals surface area contributed by atoms with E-state index in [2.05, 4.69) is 57.9 Å². The fraction of sp³-hybridized carbons (Fsp3) is 0.750. The van der Waals surface area contributed by atoms with Crippen LogP contribution in [-0.4, -0.2) is 44.1 Å². The number of carbonyl (C=O) groups is 1. The zero-order valence-corrected chi connectivity index (χ0v) is 28.1. The SMILES string of the molecule is CC1(C)CC[C@]2(C(=O)On3nnc4ccc(Cl)cc43)CC[C@]3(C)C(=CC[C@@H]4[C@@]5(C)CC[C@H](O)[C@@](C)(CO)[C@@H]5CC[C@]43C)[C@@H]2C1. The minimum absolute atomic E-state index is 0.0330. The Morgan fingerprint density at radius 1 is 1.02 bits per heavy atom. The highest BCUT2D eigenvalue weighted by molar-refractivity contribution is 6.31. The van der Waals surface area contributed by atoms with Crippen molar-refractivity contribution in [1.82, 2.24) is 15.2 Å². The van der Waals surface area contributed by atoms with Crippen LogP contribution in [-0.2, 0) is 4.79 Å². The molecule has 0 aliphatic heterocycles. The van der Waals surface area contributed by atoms with Gasteiger partial charge in [0.25, 0.3) is 0 Å². The monoisotopic (exact) mass is 623 g/mol. The minimum Gasteiger partial charge on any atom is -0.396 e. The summed E-state index contributed by atoms with van der Waals surface area (Å²) in [6.45, 7) is 14.4. The van der Waals surface area contributed by atoms with Crippen LogP contribution in [0.3, 0.4) is 0 Å². The predicted octanol–water partition coefficient (Wildman–Crippen LogP) is 7.17. The van der Waals surface area contributed by atoms with E-state index in [-0.39, 0.29) is 46.1 Å². The molecule has 5 aliphatic rings. The van der Waals surface area contributed by atoms with Gasteiger partial charge in [-0.05, 0) is 127 Å². The molecule has 5 aliphatic carbocycles. The number of allylic oxidation sites excluding steroid dienone is 2. The molecule has 4 saturated carbocycles. The zero-order valence-electron chi connectivity index (χ0n) is 27.3. The van der Waals surface area contributed by atoms with Crippen LogP contribution in [0.15, 0.2) is 29.8 Å². The second-order valence-corrected chi connectivity index (χ2v) is 17.5. The number of nitrogens with zero attached hydrogens (tertiary/aromatic N) is 3. The van der Waals surface area contributed by atoms with Crippen LogP contribution in [0.1, 0.15) is 106 Å². The highest BCUT2D eigenvalue weighted by Gasteiger charge is 2.69. The summed E-state index contributed by atoms with van der Waals surface area (Å²) in [5, 5.41) is 30.6. The summed E-state index contributed by atoms with van der Waals surface area (Å²) in [4.78, 5) is 21.9. The fourth-order valence-corrected chi connectivity index (χ4v) is 11.9. The van der Waals surface area contributed by atoms with E-state index >= 15 is 0 Å². The molecule has 7 rings (SSSR count). The van der Waals surface area contributed by atoms with Crippen molar-refractivity contribution >= 4 is 28.6 Å². The molecule has 4 fully saturated rings. The van der Waals surface area contributed by atoms with E-state index in [4.69, 9.17) is 16.4 Å². The summed E-state index contributed by atoms with van der Waals surface area (Å²) >= 11 is 6.28. The average molecular weight is 624 g/mol. The first-order valence-electron chi connectivity index (χ1n) is 16.9. The number of aliphatic hydroxyl groups is 2. The van der Waals surface area contributed by atoms with Gasteiger partial charge in [-0.1, -0.05) is 69.6 Å². The van der Waals surface area contributed by atoms with Crippen molar-refractivity contribution in [2.24, 2.45) is 50.2 Å². The van der Waals surface area contributed by atoms with Gasteiger partial charge in [-0.15, -0.1) is 5.10 Å².